The lowest BCUT2D eigenvalue weighted by atomic mass is 9.65. The van der Waals surface area contributed by atoms with E-state index in [1.165, 1.54) is 0 Å². The van der Waals surface area contributed by atoms with Crippen LogP contribution in [0.1, 0.15) is 90.2 Å². The molecule has 11 nitrogen and oxygen atoms in total. The third-order valence-corrected chi connectivity index (χ3v) is 12.9. The Labute approximate surface area is 361 Å². The van der Waals surface area contributed by atoms with Crippen molar-refractivity contribution >= 4 is 23.5 Å². The maximum absolute atomic E-state index is 15.5. The van der Waals surface area contributed by atoms with E-state index in [0.29, 0.717) is 47.4 Å². The molecule has 0 unspecified atom stereocenters. The van der Waals surface area contributed by atoms with Crippen molar-refractivity contribution in [2.45, 2.75) is 80.2 Å². The second-order valence-corrected chi connectivity index (χ2v) is 16.7. The van der Waals surface area contributed by atoms with Gasteiger partial charge in [-0.15, -0.1) is 0 Å². The first-order valence-corrected chi connectivity index (χ1v) is 21.6. The molecule has 62 heavy (non-hydrogen) atoms. The largest absolute Gasteiger partial charge is 0.491 e. The first kappa shape index (κ1) is 41.1. The number of aromatic nitrogens is 1. The van der Waals surface area contributed by atoms with E-state index in [1.807, 2.05) is 108 Å². The number of cyclic esters (lactones) is 1. The summed E-state index contributed by atoms with van der Waals surface area (Å²) in [6.45, 7) is 0.136. The molecule has 3 fully saturated rings. The van der Waals surface area contributed by atoms with Crippen LogP contribution in [0.3, 0.4) is 0 Å². The summed E-state index contributed by atoms with van der Waals surface area (Å²) in [5.41, 5.74) is 1.85. The second kappa shape index (κ2) is 17.6. The van der Waals surface area contributed by atoms with Gasteiger partial charge >= 0.3 is 5.97 Å². The Bertz CT molecular complexity index is 2460. The van der Waals surface area contributed by atoms with Gasteiger partial charge in [-0.25, -0.2) is 0 Å². The minimum Gasteiger partial charge on any atom is -0.491 e. The molecule has 1 saturated carbocycles. The highest BCUT2D eigenvalue weighted by molar-refractivity contribution is 6.12. The van der Waals surface area contributed by atoms with Crippen LogP contribution in [0.5, 0.6) is 5.75 Å². The van der Waals surface area contributed by atoms with E-state index in [0.717, 1.165) is 42.5 Å². The standard InChI is InChI=1S/C51H50N4O7/c56-31-32-61-39-21-19-37(20-22-39)46-51(40-33-34(18-23-41(40)54-49(51)59)24-28-50(60)26-10-1-2-11-27-50)42(47(57)53-30-25-38-17-9-12-29-52-38)44-48(58)62-45(36-15-7-4-8-16-36)43(55(44)46)35-13-5-3-6-14-35/h3-9,12-23,29,33,42-46,56,60H,1-2,10-11,25-27,30-32H2,(H,53,57)(H,54,59)/t42-,43-,44-,45+,46+,51-/m1/s1. The lowest BCUT2D eigenvalue weighted by Gasteiger charge is -2.46. The number of pyridine rings is 1. The Balaban J connectivity index is 1.26. The van der Waals surface area contributed by atoms with Gasteiger partial charge in [-0.1, -0.05) is 104 Å². The van der Waals surface area contributed by atoms with Crippen LogP contribution in [-0.2, 0) is 31.0 Å². The Morgan fingerprint density at radius 1 is 0.855 bits per heavy atom. The lowest BCUT2D eigenvalue weighted by molar-refractivity contribution is -0.178. The van der Waals surface area contributed by atoms with Crippen molar-refractivity contribution in [1.82, 2.24) is 15.2 Å². The molecular weight excluding hydrogens is 781 g/mol. The summed E-state index contributed by atoms with van der Waals surface area (Å²) in [5, 5.41) is 27.3. The summed E-state index contributed by atoms with van der Waals surface area (Å²) in [7, 11) is 0. The summed E-state index contributed by atoms with van der Waals surface area (Å²) in [6, 6.07) is 34.9. The molecule has 4 aromatic carbocycles. The van der Waals surface area contributed by atoms with Crippen LogP contribution in [-0.4, -0.2) is 69.3 Å². The van der Waals surface area contributed by atoms with E-state index in [9.17, 15) is 10.2 Å². The van der Waals surface area contributed by atoms with Crippen LogP contribution in [0, 0.1) is 17.8 Å². The second-order valence-electron chi connectivity index (χ2n) is 16.7. The summed E-state index contributed by atoms with van der Waals surface area (Å²) in [5.74, 6) is 4.15. The minimum atomic E-state index is -1.70. The molecule has 4 N–H and O–H groups in total. The number of benzene rings is 4. The van der Waals surface area contributed by atoms with Crippen molar-refractivity contribution in [2.75, 3.05) is 25.1 Å². The third kappa shape index (κ3) is 7.64. The molecule has 2 saturated heterocycles. The number of carbonyl (C=O) groups excluding carboxylic acids is 3. The molecule has 11 heteroatoms. The van der Waals surface area contributed by atoms with Gasteiger partial charge in [0.1, 0.15) is 35.5 Å². The lowest BCUT2D eigenvalue weighted by Crippen LogP contribution is -2.55. The number of carbonyl (C=O) groups is 3. The van der Waals surface area contributed by atoms with Gasteiger partial charge in [0.2, 0.25) is 11.8 Å². The molecule has 4 heterocycles. The highest BCUT2D eigenvalue weighted by atomic mass is 16.6. The Morgan fingerprint density at radius 2 is 1.56 bits per heavy atom. The number of ether oxygens (including phenoxy) is 2. The highest BCUT2D eigenvalue weighted by Crippen LogP contribution is 2.64. The average molecular weight is 831 g/mol. The van der Waals surface area contributed by atoms with Gasteiger partial charge in [0.05, 0.1) is 24.6 Å². The van der Waals surface area contributed by atoms with Crippen molar-refractivity contribution in [3.05, 3.63) is 161 Å². The van der Waals surface area contributed by atoms with Crippen molar-refractivity contribution < 1.29 is 34.1 Å². The monoisotopic (exact) mass is 830 g/mol. The number of aliphatic hydroxyl groups is 2. The number of nitrogens with zero attached hydrogens (tertiary/aromatic N) is 2. The molecule has 1 spiro atoms. The molecule has 1 aliphatic carbocycles. The normalized spacial score (nSPS) is 25.0. The zero-order chi connectivity index (χ0) is 42.7. The first-order valence-electron chi connectivity index (χ1n) is 21.6. The van der Waals surface area contributed by atoms with E-state index in [1.54, 1.807) is 24.4 Å². The smallest absolute Gasteiger partial charge is 0.324 e. The predicted octanol–water partition coefficient (Wildman–Crippen LogP) is 6.52. The maximum Gasteiger partial charge on any atom is 0.324 e. The summed E-state index contributed by atoms with van der Waals surface area (Å²) < 4.78 is 12.3. The fraction of sp³-hybridized carbons (Fsp3) is 0.333. The van der Waals surface area contributed by atoms with Gasteiger partial charge in [-0.3, -0.25) is 24.3 Å². The van der Waals surface area contributed by atoms with Crippen LogP contribution in [0.4, 0.5) is 5.69 Å². The average Bonchev–Trinajstić information content (AvgIpc) is 3.67. The number of fused-ring (bicyclic) bond motifs is 3. The summed E-state index contributed by atoms with van der Waals surface area (Å²) in [4.78, 5) is 52.4. The van der Waals surface area contributed by atoms with Crippen molar-refractivity contribution in [2.24, 2.45) is 5.92 Å². The number of aliphatic hydroxyl groups excluding tert-OH is 1. The number of hydrogen-bond acceptors (Lipinski definition) is 9. The predicted molar refractivity (Wildman–Crippen MR) is 233 cm³/mol. The van der Waals surface area contributed by atoms with Crippen molar-refractivity contribution in [3.63, 3.8) is 0 Å². The fourth-order valence-electron chi connectivity index (χ4n) is 10.2. The van der Waals surface area contributed by atoms with E-state index in [4.69, 9.17) is 9.47 Å². The number of anilines is 1. The van der Waals surface area contributed by atoms with Crippen LogP contribution in [0.15, 0.2) is 128 Å². The van der Waals surface area contributed by atoms with Gasteiger partial charge in [0.25, 0.3) is 0 Å². The number of esters is 1. The molecule has 5 aromatic rings. The highest BCUT2D eigenvalue weighted by Gasteiger charge is 2.74. The molecule has 6 atom stereocenters. The summed E-state index contributed by atoms with van der Waals surface area (Å²) in [6.07, 6.45) is 6.37. The molecule has 0 radical (unpaired) electrons. The van der Waals surface area contributed by atoms with Crippen LogP contribution in [0.25, 0.3) is 0 Å². The SMILES string of the molecule is O=C1O[C@@H](c2ccccc2)[C@@H](c2ccccc2)N2[C@@H](c3ccc(OCCO)cc3)[C@]3(C(=O)Nc4ccc(C#CC5(O)CCCCCC5)cc43)[C@@H](C(=O)NCCc3ccccn3)[C@H]12. The molecule has 316 valence electrons. The molecule has 1 aromatic heterocycles. The zero-order valence-corrected chi connectivity index (χ0v) is 34.4. The Kier molecular flexibility index (Phi) is 11.6. The maximum atomic E-state index is 15.5. The van der Waals surface area contributed by atoms with Gasteiger partial charge in [0, 0.05) is 36.1 Å². The van der Waals surface area contributed by atoms with Gasteiger partial charge in [-0.05, 0) is 90.4 Å². The van der Waals surface area contributed by atoms with E-state index in [2.05, 4.69) is 27.5 Å². The van der Waals surface area contributed by atoms with Crippen LogP contribution >= 0.6 is 0 Å². The molecule has 0 bridgehead atoms. The van der Waals surface area contributed by atoms with E-state index >= 15 is 14.4 Å². The van der Waals surface area contributed by atoms with Crippen molar-refractivity contribution in [3.8, 4) is 17.6 Å². The Hall–Kier alpha value is -6.32. The quantitative estimate of drug-likeness (QED) is 0.0702. The number of amides is 2. The molecule has 3 aliphatic heterocycles. The summed E-state index contributed by atoms with van der Waals surface area (Å²) >= 11 is 0. The van der Waals surface area contributed by atoms with Gasteiger partial charge in [-0.2, -0.15) is 0 Å². The topological polar surface area (TPSA) is 150 Å². The van der Waals surface area contributed by atoms with Gasteiger partial charge in [0.15, 0.2) is 0 Å². The van der Waals surface area contributed by atoms with Gasteiger partial charge < -0.3 is 30.3 Å². The number of rotatable bonds is 10. The van der Waals surface area contributed by atoms with Crippen LogP contribution in [0.2, 0.25) is 0 Å². The van der Waals surface area contributed by atoms with Crippen LogP contribution < -0.4 is 15.4 Å². The van der Waals surface area contributed by atoms with E-state index in [-0.39, 0.29) is 19.8 Å². The number of nitrogens with one attached hydrogen (secondary N) is 2. The minimum absolute atomic E-state index is 0.0943. The number of morpholine rings is 1. The molecular formula is C51H50N4O7. The molecule has 2 amide bonds. The van der Waals surface area contributed by atoms with Crippen molar-refractivity contribution in [1.29, 1.82) is 0 Å². The zero-order valence-electron chi connectivity index (χ0n) is 34.4. The molecule has 9 rings (SSSR count). The first-order chi connectivity index (χ1) is 30.3. The Morgan fingerprint density at radius 3 is 2.26 bits per heavy atom. The third-order valence-electron chi connectivity index (χ3n) is 12.9. The van der Waals surface area contributed by atoms with E-state index < -0.39 is 58.9 Å². The molecule has 4 aliphatic rings. The fourth-order valence-corrected chi connectivity index (χ4v) is 10.2. The number of hydrogen-bond donors (Lipinski definition) is 4.